The van der Waals surface area contributed by atoms with E-state index in [1.54, 1.807) is 25.3 Å². The summed E-state index contributed by atoms with van der Waals surface area (Å²) in [5.41, 5.74) is -0.109. The van der Waals surface area contributed by atoms with Crippen LogP contribution in [0.2, 0.25) is 0 Å². The average Bonchev–Trinajstić information content (AvgIpc) is 2.43. The Balaban J connectivity index is 2.46. The summed E-state index contributed by atoms with van der Waals surface area (Å²) in [6, 6.07) is 5.35. The van der Waals surface area contributed by atoms with Crippen molar-refractivity contribution in [3.05, 3.63) is 39.0 Å². The van der Waals surface area contributed by atoms with Gasteiger partial charge in [-0.3, -0.25) is 9.36 Å². The van der Waals surface area contributed by atoms with E-state index in [2.05, 4.69) is 9.97 Å². The fourth-order valence-electron chi connectivity index (χ4n) is 1.74. The molecule has 0 saturated heterocycles. The van der Waals surface area contributed by atoms with E-state index in [0.717, 1.165) is 9.27 Å². The van der Waals surface area contributed by atoms with Crippen molar-refractivity contribution in [2.24, 2.45) is 7.05 Å². The molecule has 0 fully saturated rings. The molecule has 1 aromatic rings. The van der Waals surface area contributed by atoms with Gasteiger partial charge in [0.15, 0.2) is 10.7 Å². The van der Waals surface area contributed by atoms with Crippen LogP contribution < -0.4 is 16.0 Å². The minimum atomic E-state index is -0.571. The average molecular weight is 275 g/mol. The summed E-state index contributed by atoms with van der Waals surface area (Å²) in [5.74, 6) is 0.691. The van der Waals surface area contributed by atoms with E-state index in [1.165, 1.54) is 18.4 Å². The number of benzene rings is 1. The van der Waals surface area contributed by atoms with Crippen molar-refractivity contribution in [2.45, 2.75) is 0 Å². The molecule has 0 unspecified atom stereocenters. The van der Waals surface area contributed by atoms with Crippen LogP contribution in [0.4, 0.5) is 0 Å². The smallest absolute Gasteiger partial charge is 0.351 e. The van der Waals surface area contributed by atoms with Crippen LogP contribution in [0.25, 0.3) is 20.9 Å². The van der Waals surface area contributed by atoms with Gasteiger partial charge in [0.2, 0.25) is 0 Å². The van der Waals surface area contributed by atoms with Gasteiger partial charge in [-0.15, -0.1) is 11.3 Å². The topological polar surface area (TPSA) is 74.1 Å². The Bertz CT molecular complexity index is 868. The molecule has 1 aromatic carbocycles. The number of methoxy groups -OCH3 is 1. The third kappa shape index (κ3) is 1.78. The molecule has 19 heavy (non-hydrogen) atoms. The molecule has 0 spiro atoms. The quantitative estimate of drug-likeness (QED) is 0.616. The van der Waals surface area contributed by atoms with Gasteiger partial charge in [-0.25, -0.2) is 9.78 Å². The number of rotatable bonds is 1. The van der Waals surface area contributed by atoms with Gasteiger partial charge >= 0.3 is 5.69 Å². The first-order chi connectivity index (χ1) is 9.10. The van der Waals surface area contributed by atoms with Crippen LogP contribution in [0.1, 0.15) is 0 Å². The van der Waals surface area contributed by atoms with E-state index in [0.29, 0.717) is 16.3 Å². The molecule has 0 aliphatic carbocycles. The highest BCUT2D eigenvalue weighted by Gasteiger charge is 2.16. The molecule has 7 heteroatoms. The first-order valence-electron chi connectivity index (χ1n) is 5.46. The van der Waals surface area contributed by atoms with Gasteiger partial charge in [-0.2, -0.15) is 4.98 Å². The number of hydrogen-bond acceptors (Lipinski definition) is 6. The highest BCUT2D eigenvalue weighted by atomic mass is 32.1. The standard InChI is InChI=1S/C12H9N3O3S/c1-15-11(16)9-10(14-12(15)17)19-8-5-6(18-2)3-4-7(8)13-9/h3-5H,1-2H3. The molecule has 0 N–H and O–H groups in total. The number of aromatic nitrogens is 3. The van der Waals surface area contributed by atoms with E-state index in [9.17, 15) is 9.59 Å². The van der Waals surface area contributed by atoms with Crippen LogP contribution in [-0.4, -0.2) is 21.6 Å². The van der Waals surface area contributed by atoms with Crippen molar-refractivity contribution in [1.82, 2.24) is 14.5 Å². The summed E-state index contributed by atoms with van der Waals surface area (Å²) in [4.78, 5) is 31.6. The maximum Gasteiger partial charge on any atom is 0.351 e. The van der Waals surface area contributed by atoms with Crippen molar-refractivity contribution < 1.29 is 4.74 Å². The molecular weight excluding hydrogens is 266 g/mol. The Labute approximate surface area is 111 Å². The summed E-state index contributed by atoms with van der Waals surface area (Å²) in [5, 5.41) is 0.342. The molecule has 6 nitrogen and oxygen atoms in total. The second-order valence-corrected chi connectivity index (χ2v) is 4.99. The summed E-state index contributed by atoms with van der Waals surface area (Å²) < 4.78 is 6.90. The SMILES string of the molecule is COc1ccc2nc3c(=O)n(C)c(=O)nc-3sc2c1. The Morgan fingerprint density at radius 2 is 2.05 bits per heavy atom. The van der Waals surface area contributed by atoms with Gasteiger partial charge in [0.05, 0.1) is 17.3 Å². The van der Waals surface area contributed by atoms with E-state index in [1.807, 2.05) is 0 Å². The van der Waals surface area contributed by atoms with Gasteiger partial charge in [-0.1, -0.05) is 0 Å². The molecule has 2 heterocycles. The van der Waals surface area contributed by atoms with Crippen LogP contribution in [0, 0.1) is 0 Å². The van der Waals surface area contributed by atoms with Crippen LogP contribution in [0.3, 0.4) is 0 Å². The molecule has 2 aliphatic rings. The zero-order valence-electron chi connectivity index (χ0n) is 10.2. The zero-order valence-corrected chi connectivity index (χ0v) is 11.0. The fourth-order valence-corrected chi connectivity index (χ4v) is 2.69. The van der Waals surface area contributed by atoms with Crippen LogP contribution >= 0.6 is 11.3 Å². The van der Waals surface area contributed by atoms with Crippen molar-refractivity contribution >= 4 is 21.6 Å². The highest BCUT2D eigenvalue weighted by molar-refractivity contribution is 7.21. The van der Waals surface area contributed by atoms with Gasteiger partial charge in [0.1, 0.15) is 5.75 Å². The van der Waals surface area contributed by atoms with Gasteiger partial charge in [0, 0.05) is 7.05 Å². The predicted octanol–water partition coefficient (Wildman–Crippen LogP) is 0.864. The molecule has 0 atom stereocenters. The minimum absolute atomic E-state index is 0.213. The van der Waals surface area contributed by atoms with Gasteiger partial charge < -0.3 is 4.74 Å². The Morgan fingerprint density at radius 1 is 1.26 bits per heavy atom. The zero-order chi connectivity index (χ0) is 13.6. The summed E-state index contributed by atoms with van der Waals surface area (Å²) in [6.45, 7) is 0. The van der Waals surface area contributed by atoms with Crippen molar-refractivity contribution in [2.75, 3.05) is 7.11 Å². The summed E-state index contributed by atoms with van der Waals surface area (Å²) >= 11 is 1.25. The molecule has 0 bridgehead atoms. The molecule has 0 amide bonds. The Hall–Kier alpha value is -2.28. The van der Waals surface area contributed by atoms with Crippen LogP contribution in [0.5, 0.6) is 5.75 Å². The molecule has 0 radical (unpaired) electrons. The van der Waals surface area contributed by atoms with E-state index < -0.39 is 11.2 Å². The van der Waals surface area contributed by atoms with Crippen LogP contribution in [-0.2, 0) is 7.05 Å². The number of fused-ring (bicyclic) bond motifs is 2. The monoisotopic (exact) mass is 275 g/mol. The second kappa shape index (κ2) is 4.13. The molecule has 0 saturated carbocycles. The third-order valence-electron chi connectivity index (χ3n) is 2.80. The summed E-state index contributed by atoms with van der Waals surface area (Å²) in [7, 11) is 2.96. The van der Waals surface area contributed by atoms with Crippen LogP contribution in [0.15, 0.2) is 27.8 Å². The maximum atomic E-state index is 12.0. The number of nitrogens with zero attached hydrogens (tertiary/aromatic N) is 3. The Kier molecular flexibility index (Phi) is 2.56. The lowest BCUT2D eigenvalue weighted by Gasteiger charge is -2.06. The number of hydrogen-bond donors (Lipinski definition) is 0. The van der Waals surface area contributed by atoms with Gasteiger partial charge in [-0.05, 0) is 18.2 Å². The lowest BCUT2D eigenvalue weighted by molar-refractivity contribution is 0.415. The fraction of sp³-hybridized carbons (Fsp3) is 0.167. The normalized spacial score (nSPS) is 11.1. The number of ether oxygens (including phenoxy) is 1. The molecule has 96 valence electrons. The lowest BCUT2D eigenvalue weighted by atomic mass is 10.3. The van der Waals surface area contributed by atoms with Crippen molar-refractivity contribution in [3.8, 4) is 16.5 Å². The van der Waals surface area contributed by atoms with Crippen molar-refractivity contribution in [3.63, 3.8) is 0 Å². The first-order valence-corrected chi connectivity index (χ1v) is 6.27. The first kappa shape index (κ1) is 11.8. The van der Waals surface area contributed by atoms with E-state index in [-0.39, 0.29) is 5.69 Å². The van der Waals surface area contributed by atoms with Gasteiger partial charge in [0.25, 0.3) is 5.56 Å². The van der Waals surface area contributed by atoms with Crippen molar-refractivity contribution in [1.29, 1.82) is 0 Å². The van der Waals surface area contributed by atoms with E-state index >= 15 is 0 Å². The molecule has 2 aliphatic heterocycles. The lowest BCUT2D eigenvalue weighted by Crippen LogP contribution is -2.34. The summed E-state index contributed by atoms with van der Waals surface area (Å²) in [6.07, 6.45) is 0. The van der Waals surface area contributed by atoms with E-state index in [4.69, 9.17) is 4.74 Å². The molecule has 0 aromatic heterocycles. The third-order valence-corrected chi connectivity index (χ3v) is 3.82. The minimum Gasteiger partial charge on any atom is -0.497 e. The largest absolute Gasteiger partial charge is 0.497 e. The molecular formula is C12H9N3O3S. The second-order valence-electron chi connectivity index (χ2n) is 3.96. The maximum absolute atomic E-state index is 12.0. The predicted molar refractivity (Wildman–Crippen MR) is 72.1 cm³/mol. The highest BCUT2D eigenvalue weighted by Crippen LogP contribution is 2.28. The molecule has 3 rings (SSSR count). The Morgan fingerprint density at radius 3 is 2.79 bits per heavy atom.